The third-order valence-electron chi connectivity index (χ3n) is 9.06. The van der Waals surface area contributed by atoms with Crippen LogP contribution in [0.3, 0.4) is 0 Å². The lowest BCUT2D eigenvalue weighted by atomic mass is 9.78. The number of hydrogen-bond acceptors (Lipinski definition) is 4. The Morgan fingerprint density at radius 2 is 1.12 bits per heavy atom. The molecule has 2 saturated heterocycles. The van der Waals surface area contributed by atoms with Crippen LogP contribution in [0.1, 0.15) is 63.1 Å². The minimum absolute atomic E-state index is 0.000434. The number of alkyl halides is 3. The Kier molecular flexibility index (Phi) is 7.96. The molecule has 0 aromatic heterocycles. The van der Waals surface area contributed by atoms with E-state index in [2.05, 4.69) is 6.08 Å². The van der Waals surface area contributed by atoms with Crippen molar-refractivity contribution < 1.29 is 32.3 Å². The highest BCUT2D eigenvalue weighted by atomic mass is 19.4. The molecule has 0 saturated carbocycles. The predicted octanol–water partition coefficient (Wildman–Crippen LogP) is 7.09. The Morgan fingerprint density at radius 1 is 0.628 bits per heavy atom. The van der Waals surface area contributed by atoms with Gasteiger partial charge in [-0.05, 0) is 102 Å². The van der Waals surface area contributed by atoms with Gasteiger partial charge < -0.3 is 0 Å². The molecule has 4 unspecified atom stereocenters. The minimum Gasteiger partial charge on any atom is -0.274 e. The number of aryl methyl sites for hydroxylation is 2. The number of rotatable bonds is 2. The molecule has 0 radical (unpaired) electrons. The first-order valence-corrected chi connectivity index (χ1v) is 14.5. The van der Waals surface area contributed by atoms with E-state index >= 15 is 0 Å². The Balaban J connectivity index is 0.000000173. The summed E-state index contributed by atoms with van der Waals surface area (Å²) < 4.78 is 38.6. The maximum atomic E-state index is 12.9. The van der Waals surface area contributed by atoms with Gasteiger partial charge in [-0.25, -0.2) is 0 Å². The van der Waals surface area contributed by atoms with Crippen LogP contribution in [0.25, 0.3) is 0 Å². The molecular formula is C34H35F3N2O4. The van der Waals surface area contributed by atoms with Gasteiger partial charge in [-0.2, -0.15) is 13.2 Å². The molecule has 4 amide bonds. The van der Waals surface area contributed by atoms with Crippen LogP contribution in [-0.4, -0.2) is 23.6 Å². The smallest absolute Gasteiger partial charge is 0.274 e. The Labute approximate surface area is 249 Å². The number of hydrogen-bond donors (Lipinski definition) is 0. The topological polar surface area (TPSA) is 74.8 Å². The number of carbonyl (C=O) groups is 4. The fourth-order valence-electron chi connectivity index (χ4n) is 6.70. The summed E-state index contributed by atoms with van der Waals surface area (Å²) in [6.45, 7) is 9.86. The summed E-state index contributed by atoms with van der Waals surface area (Å²) in [5.41, 5.74) is 5.39. The van der Waals surface area contributed by atoms with Crippen LogP contribution in [0.5, 0.6) is 0 Å². The molecule has 4 aliphatic rings. The van der Waals surface area contributed by atoms with Crippen molar-refractivity contribution >= 4 is 35.0 Å². The quantitative estimate of drug-likeness (QED) is 0.276. The van der Waals surface area contributed by atoms with E-state index in [9.17, 15) is 32.3 Å². The van der Waals surface area contributed by atoms with Gasteiger partial charge in [-0.15, -0.1) is 0 Å². The van der Waals surface area contributed by atoms with Gasteiger partial charge in [0.2, 0.25) is 23.6 Å². The van der Waals surface area contributed by atoms with E-state index < -0.39 is 35.4 Å². The standard InChI is InChI=1S/C17H16F3NO2.C17H19NO2/c1-9-6-13-14(7-10(9)2)16(23)21(15(13)22)12-5-3-4-11(8-12)17(18,19)20;1-10-4-5-14-15(9-10)17(20)18(16(14)19)13-7-11(2)6-12(3)8-13/h3-5,8,13-14H,6-7H2,1-2H3;4,6-8,14-15H,5,9H2,1-3H3. The highest BCUT2D eigenvalue weighted by Crippen LogP contribution is 2.43. The van der Waals surface area contributed by atoms with Crippen molar-refractivity contribution in [1.82, 2.24) is 0 Å². The molecule has 0 spiro atoms. The molecule has 9 heteroatoms. The van der Waals surface area contributed by atoms with Crippen molar-refractivity contribution in [1.29, 1.82) is 0 Å². The Bertz CT molecular complexity index is 1540. The summed E-state index contributed by atoms with van der Waals surface area (Å²) in [6.07, 6.45) is -0.00730. The van der Waals surface area contributed by atoms with Crippen LogP contribution in [0.2, 0.25) is 0 Å². The van der Waals surface area contributed by atoms with Crippen LogP contribution in [0.4, 0.5) is 24.5 Å². The second-order valence-corrected chi connectivity index (χ2v) is 12.3. The van der Waals surface area contributed by atoms with Gasteiger partial charge in [-0.3, -0.25) is 29.0 Å². The molecule has 6 nitrogen and oxygen atoms in total. The number of carbonyl (C=O) groups excluding carboxylic acids is 4. The average molecular weight is 593 g/mol. The predicted molar refractivity (Wildman–Crippen MR) is 157 cm³/mol. The number of nitrogens with zero attached hydrogens (tertiary/aromatic N) is 2. The molecule has 4 atom stereocenters. The normalized spacial score (nSPS) is 25.4. The zero-order chi connectivity index (χ0) is 31.4. The third kappa shape index (κ3) is 5.69. The molecule has 2 aromatic carbocycles. The molecule has 226 valence electrons. The first-order valence-electron chi connectivity index (χ1n) is 14.5. The second-order valence-electron chi connectivity index (χ2n) is 12.3. The van der Waals surface area contributed by atoms with E-state index in [0.717, 1.165) is 51.4 Å². The monoisotopic (exact) mass is 592 g/mol. The summed E-state index contributed by atoms with van der Waals surface area (Å²) in [7, 11) is 0. The minimum atomic E-state index is -4.51. The van der Waals surface area contributed by atoms with Gasteiger partial charge in [0, 0.05) is 0 Å². The number of fused-ring (bicyclic) bond motifs is 2. The van der Waals surface area contributed by atoms with E-state index in [1.807, 2.05) is 52.8 Å². The van der Waals surface area contributed by atoms with Crippen molar-refractivity contribution in [3.05, 3.63) is 82.0 Å². The van der Waals surface area contributed by atoms with Gasteiger partial charge >= 0.3 is 6.18 Å². The van der Waals surface area contributed by atoms with Crippen molar-refractivity contribution in [2.24, 2.45) is 23.7 Å². The van der Waals surface area contributed by atoms with Gasteiger partial charge in [0.1, 0.15) is 0 Å². The lowest BCUT2D eigenvalue weighted by Gasteiger charge is -2.23. The highest BCUT2D eigenvalue weighted by Gasteiger charge is 2.50. The number of allylic oxidation sites excluding steroid dienone is 4. The largest absolute Gasteiger partial charge is 0.416 e. The highest BCUT2D eigenvalue weighted by molar-refractivity contribution is 6.23. The van der Waals surface area contributed by atoms with E-state index in [-0.39, 0.29) is 29.3 Å². The molecule has 0 bridgehead atoms. The molecule has 2 aliphatic heterocycles. The van der Waals surface area contributed by atoms with E-state index in [1.54, 1.807) is 0 Å². The molecule has 2 heterocycles. The fraction of sp³-hybridized carbons (Fsp3) is 0.412. The zero-order valence-electron chi connectivity index (χ0n) is 24.9. The SMILES string of the molecule is CC1=C(C)CC2C(=O)N(c3cccc(C(F)(F)F)c3)C(=O)C2C1.CC1=CCC2C(=O)N(c3cc(C)cc(C)c3)C(=O)C2C1. The summed E-state index contributed by atoms with van der Waals surface area (Å²) in [6, 6.07) is 10.3. The zero-order valence-corrected chi connectivity index (χ0v) is 24.9. The molecule has 6 rings (SSSR count). The summed E-state index contributed by atoms with van der Waals surface area (Å²) in [4.78, 5) is 52.6. The number of imide groups is 2. The molecule has 43 heavy (non-hydrogen) atoms. The second kappa shape index (κ2) is 11.2. The maximum absolute atomic E-state index is 12.9. The lowest BCUT2D eigenvalue weighted by molar-refractivity contribution is -0.137. The fourth-order valence-corrected chi connectivity index (χ4v) is 6.70. The lowest BCUT2D eigenvalue weighted by Crippen LogP contribution is -2.31. The van der Waals surface area contributed by atoms with Crippen LogP contribution >= 0.6 is 0 Å². The third-order valence-corrected chi connectivity index (χ3v) is 9.06. The van der Waals surface area contributed by atoms with Crippen LogP contribution in [0, 0.1) is 37.5 Å². The Morgan fingerprint density at radius 3 is 1.65 bits per heavy atom. The number of amides is 4. The molecule has 2 fully saturated rings. The van der Waals surface area contributed by atoms with E-state index in [0.29, 0.717) is 19.3 Å². The number of anilines is 2. The summed E-state index contributed by atoms with van der Waals surface area (Å²) in [5.74, 6) is -2.09. The number of benzene rings is 2. The van der Waals surface area contributed by atoms with Gasteiger partial charge in [-0.1, -0.05) is 34.9 Å². The van der Waals surface area contributed by atoms with Crippen molar-refractivity contribution in [3.63, 3.8) is 0 Å². The molecule has 0 N–H and O–H groups in total. The van der Waals surface area contributed by atoms with E-state index in [4.69, 9.17) is 0 Å². The van der Waals surface area contributed by atoms with Crippen molar-refractivity contribution in [2.75, 3.05) is 9.80 Å². The van der Waals surface area contributed by atoms with Gasteiger partial charge in [0.25, 0.3) is 0 Å². The first-order chi connectivity index (χ1) is 20.2. The summed E-state index contributed by atoms with van der Waals surface area (Å²) >= 11 is 0. The van der Waals surface area contributed by atoms with Crippen LogP contribution < -0.4 is 9.80 Å². The van der Waals surface area contributed by atoms with Crippen LogP contribution in [0.15, 0.2) is 65.3 Å². The number of halogens is 3. The average Bonchev–Trinajstić information content (AvgIpc) is 3.31. The van der Waals surface area contributed by atoms with Crippen LogP contribution in [-0.2, 0) is 25.4 Å². The summed E-state index contributed by atoms with van der Waals surface area (Å²) in [5, 5.41) is 0. The first kappa shape index (κ1) is 30.4. The van der Waals surface area contributed by atoms with Gasteiger partial charge in [0.15, 0.2) is 0 Å². The Hall–Kier alpha value is -4.01. The molecule has 2 aliphatic carbocycles. The molecular weight excluding hydrogens is 557 g/mol. The van der Waals surface area contributed by atoms with Gasteiger partial charge in [0.05, 0.1) is 40.6 Å². The maximum Gasteiger partial charge on any atom is 0.416 e. The van der Waals surface area contributed by atoms with Crippen molar-refractivity contribution in [2.45, 2.75) is 66.5 Å². The van der Waals surface area contributed by atoms with Crippen molar-refractivity contribution in [3.8, 4) is 0 Å². The van der Waals surface area contributed by atoms with E-state index in [1.165, 1.54) is 22.6 Å². The molecule has 2 aromatic rings.